The fourth-order valence-corrected chi connectivity index (χ4v) is 1.17. The quantitative estimate of drug-likeness (QED) is 0.518. The molecular weight excluding hydrogens is 198 g/mol. The highest BCUT2D eigenvalue weighted by Crippen LogP contribution is 1.95. The highest BCUT2D eigenvalue weighted by Gasteiger charge is 2.11. The zero-order chi connectivity index (χ0) is 11.5. The molecule has 0 spiro atoms. The molecule has 90 valence electrons. The van der Waals surface area contributed by atoms with Crippen LogP contribution in [0.15, 0.2) is 0 Å². The number of carbonyl (C=O) groups is 1. The lowest BCUT2D eigenvalue weighted by atomic mass is 10.3. The minimum absolute atomic E-state index is 0.0818. The SMILES string of the molecule is CCCOCCC(=O)N(CCO)CCO. The first-order valence-corrected chi connectivity index (χ1v) is 5.33. The predicted octanol–water partition coefficient (Wildman–Crippen LogP) is -0.384. The van der Waals surface area contributed by atoms with Crippen LogP contribution in [-0.2, 0) is 9.53 Å². The van der Waals surface area contributed by atoms with Crippen LogP contribution in [0.4, 0.5) is 0 Å². The molecule has 0 bridgehead atoms. The van der Waals surface area contributed by atoms with Crippen LogP contribution in [0.2, 0.25) is 0 Å². The van der Waals surface area contributed by atoms with E-state index in [0.717, 1.165) is 6.42 Å². The summed E-state index contributed by atoms with van der Waals surface area (Å²) in [6.07, 6.45) is 1.24. The van der Waals surface area contributed by atoms with Gasteiger partial charge in [-0.1, -0.05) is 6.92 Å². The zero-order valence-electron chi connectivity index (χ0n) is 9.31. The van der Waals surface area contributed by atoms with Crippen molar-refractivity contribution in [2.45, 2.75) is 19.8 Å². The molecule has 1 amide bonds. The maximum absolute atomic E-state index is 11.5. The van der Waals surface area contributed by atoms with Gasteiger partial charge in [0, 0.05) is 19.7 Å². The van der Waals surface area contributed by atoms with Crippen LogP contribution in [0, 0.1) is 0 Å². The number of nitrogens with zero attached hydrogens (tertiary/aromatic N) is 1. The van der Waals surface area contributed by atoms with Crippen LogP contribution >= 0.6 is 0 Å². The van der Waals surface area contributed by atoms with Crippen LogP contribution in [0.25, 0.3) is 0 Å². The molecule has 0 rings (SSSR count). The molecule has 0 aliphatic rings. The Morgan fingerprint density at radius 1 is 1.20 bits per heavy atom. The number of hydrogen-bond acceptors (Lipinski definition) is 4. The van der Waals surface area contributed by atoms with Gasteiger partial charge in [0.05, 0.1) is 26.2 Å². The molecule has 0 aliphatic carbocycles. The van der Waals surface area contributed by atoms with E-state index < -0.39 is 0 Å². The second kappa shape index (κ2) is 9.89. The van der Waals surface area contributed by atoms with E-state index in [4.69, 9.17) is 14.9 Å². The van der Waals surface area contributed by atoms with Crippen LogP contribution in [0.1, 0.15) is 19.8 Å². The Morgan fingerprint density at radius 3 is 2.27 bits per heavy atom. The van der Waals surface area contributed by atoms with Crippen LogP contribution < -0.4 is 0 Å². The van der Waals surface area contributed by atoms with E-state index in [1.165, 1.54) is 4.90 Å². The maximum Gasteiger partial charge on any atom is 0.225 e. The van der Waals surface area contributed by atoms with Crippen LogP contribution in [0.3, 0.4) is 0 Å². The number of aliphatic hydroxyl groups is 2. The van der Waals surface area contributed by atoms with Crippen molar-refractivity contribution in [3.63, 3.8) is 0 Å². The smallest absolute Gasteiger partial charge is 0.225 e. The molecule has 0 fully saturated rings. The first-order chi connectivity index (χ1) is 7.26. The summed E-state index contributed by atoms with van der Waals surface area (Å²) >= 11 is 0. The molecule has 15 heavy (non-hydrogen) atoms. The number of amides is 1. The Morgan fingerprint density at radius 2 is 1.80 bits per heavy atom. The third-order valence-electron chi connectivity index (χ3n) is 1.90. The van der Waals surface area contributed by atoms with Crippen LogP contribution in [-0.4, -0.2) is 60.5 Å². The maximum atomic E-state index is 11.5. The van der Waals surface area contributed by atoms with Crippen molar-refractivity contribution in [2.75, 3.05) is 39.5 Å². The van der Waals surface area contributed by atoms with Gasteiger partial charge < -0.3 is 19.8 Å². The highest BCUT2D eigenvalue weighted by molar-refractivity contribution is 5.76. The summed E-state index contributed by atoms with van der Waals surface area (Å²) in [5, 5.41) is 17.4. The molecule has 5 nitrogen and oxygen atoms in total. The normalized spacial score (nSPS) is 10.3. The summed E-state index contributed by atoms with van der Waals surface area (Å²) in [5.74, 6) is -0.0887. The van der Waals surface area contributed by atoms with Gasteiger partial charge >= 0.3 is 0 Å². The lowest BCUT2D eigenvalue weighted by molar-refractivity contribution is -0.133. The highest BCUT2D eigenvalue weighted by atomic mass is 16.5. The standard InChI is InChI=1S/C10H21NO4/c1-2-8-15-9-3-10(14)11(4-6-12)5-7-13/h12-13H,2-9H2,1H3. The van der Waals surface area contributed by atoms with E-state index >= 15 is 0 Å². The molecule has 2 N–H and O–H groups in total. The number of rotatable bonds is 9. The summed E-state index contributed by atoms with van der Waals surface area (Å²) in [6, 6.07) is 0. The monoisotopic (exact) mass is 219 g/mol. The van der Waals surface area contributed by atoms with E-state index in [0.29, 0.717) is 19.6 Å². The van der Waals surface area contributed by atoms with Gasteiger partial charge in [0.2, 0.25) is 5.91 Å². The molecule has 0 atom stereocenters. The molecule has 0 aliphatic heterocycles. The molecule has 0 radical (unpaired) electrons. The molecule has 0 unspecified atom stereocenters. The van der Waals surface area contributed by atoms with Crippen molar-refractivity contribution in [1.82, 2.24) is 4.90 Å². The topological polar surface area (TPSA) is 70.0 Å². The fourth-order valence-electron chi connectivity index (χ4n) is 1.17. The lowest BCUT2D eigenvalue weighted by Crippen LogP contribution is -2.36. The fraction of sp³-hybridized carbons (Fsp3) is 0.900. The average Bonchev–Trinajstić information content (AvgIpc) is 2.24. The van der Waals surface area contributed by atoms with E-state index in [1.54, 1.807) is 0 Å². The van der Waals surface area contributed by atoms with Gasteiger partial charge in [-0.3, -0.25) is 4.79 Å². The summed E-state index contributed by atoms with van der Waals surface area (Å²) < 4.78 is 5.19. The van der Waals surface area contributed by atoms with Crippen LogP contribution in [0.5, 0.6) is 0 Å². The van der Waals surface area contributed by atoms with E-state index in [-0.39, 0.29) is 32.2 Å². The molecule has 0 heterocycles. The average molecular weight is 219 g/mol. The third kappa shape index (κ3) is 7.30. The number of carbonyl (C=O) groups excluding carboxylic acids is 1. The van der Waals surface area contributed by atoms with Crippen molar-refractivity contribution in [3.8, 4) is 0 Å². The van der Waals surface area contributed by atoms with E-state index in [2.05, 4.69) is 0 Å². The van der Waals surface area contributed by atoms with Crippen molar-refractivity contribution in [2.24, 2.45) is 0 Å². The Hall–Kier alpha value is -0.650. The molecule has 0 aromatic rings. The summed E-state index contributed by atoms with van der Waals surface area (Å²) in [6.45, 7) is 3.45. The Labute approximate surface area is 90.6 Å². The van der Waals surface area contributed by atoms with E-state index in [1.807, 2.05) is 6.92 Å². The Balaban J connectivity index is 3.70. The van der Waals surface area contributed by atoms with Gasteiger partial charge in [-0.25, -0.2) is 0 Å². The first-order valence-electron chi connectivity index (χ1n) is 5.33. The van der Waals surface area contributed by atoms with Crippen molar-refractivity contribution in [1.29, 1.82) is 0 Å². The zero-order valence-corrected chi connectivity index (χ0v) is 9.31. The second-order valence-electron chi connectivity index (χ2n) is 3.19. The summed E-state index contributed by atoms with van der Waals surface area (Å²) in [5.41, 5.74) is 0. The van der Waals surface area contributed by atoms with Gasteiger partial charge in [-0.15, -0.1) is 0 Å². The van der Waals surface area contributed by atoms with Gasteiger partial charge in [0.25, 0.3) is 0 Å². The molecule has 0 saturated heterocycles. The van der Waals surface area contributed by atoms with Gasteiger partial charge in [-0.05, 0) is 6.42 Å². The van der Waals surface area contributed by atoms with Crippen molar-refractivity contribution in [3.05, 3.63) is 0 Å². The Bertz CT molecular complexity index is 158. The number of ether oxygens (including phenoxy) is 1. The van der Waals surface area contributed by atoms with Gasteiger partial charge in [0.15, 0.2) is 0 Å². The number of aliphatic hydroxyl groups excluding tert-OH is 2. The molecule has 0 aromatic heterocycles. The van der Waals surface area contributed by atoms with E-state index in [9.17, 15) is 4.79 Å². The first kappa shape index (κ1) is 14.3. The lowest BCUT2D eigenvalue weighted by Gasteiger charge is -2.20. The second-order valence-corrected chi connectivity index (χ2v) is 3.19. The molecule has 5 heteroatoms. The molecular formula is C10H21NO4. The minimum Gasteiger partial charge on any atom is -0.395 e. The van der Waals surface area contributed by atoms with Gasteiger partial charge in [-0.2, -0.15) is 0 Å². The van der Waals surface area contributed by atoms with Crippen molar-refractivity contribution < 1.29 is 19.7 Å². The largest absolute Gasteiger partial charge is 0.395 e. The third-order valence-corrected chi connectivity index (χ3v) is 1.90. The van der Waals surface area contributed by atoms with Crippen molar-refractivity contribution >= 4 is 5.91 Å². The predicted molar refractivity (Wildman–Crippen MR) is 56.5 cm³/mol. The number of hydrogen-bond donors (Lipinski definition) is 2. The molecule has 0 saturated carbocycles. The summed E-state index contributed by atoms with van der Waals surface area (Å²) in [4.78, 5) is 12.9. The molecule has 0 aromatic carbocycles. The minimum atomic E-state index is -0.0887. The van der Waals surface area contributed by atoms with Gasteiger partial charge in [0.1, 0.15) is 0 Å². The Kier molecular flexibility index (Phi) is 9.46. The summed E-state index contributed by atoms with van der Waals surface area (Å²) in [7, 11) is 0.